The fraction of sp³-hybridized carbons (Fsp3) is 0.350. The van der Waals surface area contributed by atoms with Gasteiger partial charge in [-0.25, -0.2) is 22.3 Å². The van der Waals surface area contributed by atoms with E-state index in [0.29, 0.717) is 42.9 Å². The number of amides is 2. The SMILES string of the molecule is COc1ccc(NC(=O)N2CCC(NS(=O)(=O)c3ccc(C)c(F)c3)CC2)cc1. The first-order valence-corrected chi connectivity index (χ1v) is 10.8. The highest BCUT2D eigenvalue weighted by Crippen LogP contribution is 2.19. The van der Waals surface area contributed by atoms with E-state index in [1.165, 1.54) is 12.1 Å². The van der Waals surface area contributed by atoms with E-state index >= 15 is 0 Å². The zero-order chi connectivity index (χ0) is 21.0. The number of anilines is 1. The molecule has 1 saturated heterocycles. The van der Waals surface area contributed by atoms with Crippen LogP contribution in [0, 0.1) is 12.7 Å². The molecule has 2 aromatic rings. The highest BCUT2D eigenvalue weighted by Gasteiger charge is 2.27. The number of rotatable bonds is 5. The average molecular weight is 421 g/mol. The van der Waals surface area contributed by atoms with Gasteiger partial charge in [0.15, 0.2) is 0 Å². The summed E-state index contributed by atoms with van der Waals surface area (Å²) in [4.78, 5) is 14.0. The first-order chi connectivity index (χ1) is 13.8. The minimum atomic E-state index is -3.81. The van der Waals surface area contributed by atoms with Crippen LogP contribution in [0.3, 0.4) is 0 Å². The quantitative estimate of drug-likeness (QED) is 0.777. The van der Waals surface area contributed by atoms with E-state index in [-0.39, 0.29) is 17.0 Å². The van der Waals surface area contributed by atoms with Crippen molar-refractivity contribution in [2.75, 3.05) is 25.5 Å². The van der Waals surface area contributed by atoms with Gasteiger partial charge in [0.2, 0.25) is 10.0 Å². The summed E-state index contributed by atoms with van der Waals surface area (Å²) in [6.45, 7) is 2.40. The van der Waals surface area contributed by atoms with Crippen LogP contribution in [0.25, 0.3) is 0 Å². The molecule has 29 heavy (non-hydrogen) atoms. The maximum atomic E-state index is 13.7. The molecule has 1 aliphatic rings. The minimum Gasteiger partial charge on any atom is -0.497 e. The van der Waals surface area contributed by atoms with Gasteiger partial charge in [0.05, 0.1) is 12.0 Å². The van der Waals surface area contributed by atoms with Crippen LogP contribution in [-0.2, 0) is 10.0 Å². The molecule has 0 saturated carbocycles. The third-order valence-electron chi connectivity index (χ3n) is 4.90. The summed E-state index contributed by atoms with van der Waals surface area (Å²) in [5.41, 5.74) is 1.04. The van der Waals surface area contributed by atoms with Gasteiger partial charge in [0.1, 0.15) is 11.6 Å². The number of benzene rings is 2. The van der Waals surface area contributed by atoms with E-state index in [4.69, 9.17) is 4.74 Å². The zero-order valence-electron chi connectivity index (χ0n) is 16.3. The monoisotopic (exact) mass is 421 g/mol. The highest BCUT2D eigenvalue weighted by atomic mass is 32.2. The second-order valence-electron chi connectivity index (χ2n) is 6.95. The number of ether oxygens (including phenoxy) is 1. The van der Waals surface area contributed by atoms with Gasteiger partial charge in [0, 0.05) is 24.8 Å². The Morgan fingerprint density at radius 1 is 1.14 bits per heavy atom. The standard InChI is InChI=1S/C20H24FN3O4S/c1-14-3-8-18(13-19(14)21)29(26,27)23-16-9-11-24(12-10-16)20(25)22-15-4-6-17(28-2)7-5-15/h3-8,13,16,23H,9-12H2,1-2H3,(H,22,25). The van der Waals surface area contributed by atoms with Crippen molar-refractivity contribution in [2.24, 2.45) is 0 Å². The molecular formula is C20H24FN3O4S. The van der Waals surface area contributed by atoms with Gasteiger partial charge in [-0.2, -0.15) is 0 Å². The average Bonchev–Trinajstić information content (AvgIpc) is 2.70. The van der Waals surface area contributed by atoms with Crippen molar-refractivity contribution in [3.8, 4) is 5.75 Å². The van der Waals surface area contributed by atoms with E-state index in [1.54, 1.807) is 43.2 Å². The molecule has 9 heteroatoms. The second-order valence-corrected chi connectivity index (χ2v) is 8.67. The molecule has 1 heterocycles. The number of hydrogen-bond donors (Lipinski definition) is 2. The summed E-state index contributed by atoms with van der Waals surface area (Å²) < 4.78 is 46.4. The smallest absolute Gasteiger partial charge is 0.321 e. The van der Waals surface area contributed by atoms with Gasteiger partial charge in [-0.15, -0.1) is 0 Å². The Kier molecular flexibility index (Phi) is 6.39. The summed E-state index contributed by atoms with van der Waals surface area (Å²) in [5, 5.41) is 2.81. The fourth-order valence-electron chi connectivity index (χ4n) is 3.11. The Hall–Kier alpha value is -2.65. The van der Waals surface area contributed by atoms with Crippen LogP contribution >= 0.6 is 0 Å². The molecule has 0 unspecified atom stereocenters. The number of aryl methyl sites for hydroxylation is 1. The van der Waals surface area contributed by atoms with Gasteiger partial charge >= 0.3 is 6.03 Å². The third-order valence-corrected chi connectivity index (χ3v) is 6.42. The lowest BCUT2D eigenvalue weighted by molar-refractivity contribution is 0.193. The first kappa shape index (κ1) is 21.1. The molecule has 0 aromatic heterocycles. The highest BCUT2D eigenvalue weighted by molar-refractivity contribution is 7.89. The summed E-state index contributed by atoms with van der Waals surface area (Å²) in [7, 11) is -2.24. The molecule has 3 rings (SSSR count). The number of piperidine rings is 1. The summed E-state index contributed by atoms with van der Waals surface area (Å²) >= 11 is 0. The van der Waals surface area contributed by atoms with Gasteiger partial charge in [-0.3, -0.25) is 0 Å². The summed E-state index contributed by atoms with van der Waals surface area (Å²) in [5.74, 6) is 0.141. The predicted molar refractivity (Wildman–Crippen MR) is 108 cm³/mol. The summed E-state index contributed by atoms with van der Waals surface area (Å²) in [6, 6.07) is 10.3. The number of urea groups is 1. The molecule has 156 valence electrons. The molecule has 0 bridgehead atoms. The largest absolute Gasteiger partial charge is 0.497 e. The molecular weight excluding hydrogens is 397 g/mol. The lowest BCUT2D eigenvalue weighted by atomic mass is 10.1. The summed E-state index contributed by atoms with van der Waals surface area (Å²) in [6.07, 6.45) is 0.952. The van der Waals surface area contributed by atoms with E-state index < -0.39 is 15.8 Å². The van der Waals surface area contributed by atoms with Crippen molar-refractivity contribution in [3.63, 3.8) is 0 Å². The number of likely N-dealkylation sites (tertiary alicyclic amines) is 1. The number of nitrogens with one attached hydrogen (secondary N) is 2. The molecule has 0 aliphatic carbocycles. The third kappa shape index (κ3) is 5.24. The van der Waals surface area contributed by atoms with Gasteiger partial charge in [-0.05, 0) is 61.7 Å². The van der Waals surface area contributed by atoms with Crippen molar-refractivity contribution in [2.45, 2.75) is 30.7 Å². The number of methoxy groups -OCH3 is 1. The zero-order valence-corrected chi connectivity index (χ0v) is 17.1. The maximum absolute atomic E-state index is 13.7. The van der Waals surface area contributed by atoms with Crippen molar-refractivity contribution in [3.05, 3.63) is 53.8 Å². The van der Waals surface area contributed by atoms with Gasteiger partial charge < -0.3 is 15.0 Å². The van der Waals surface area contributed by atoms with Gasteiger partial charge in [-0.1, -0.05) is 6.07 Å². The topological polar surface area (TPSA) is 87.7 Å². The maximum Gasteiger partial charge on any atom is 0.321 e. The second kappa shape index (κ2) is 8.79. The number of carbonyl (C=O) groups is 1. The van der Waals surface area contributed by atoms with E-state index in [9.17, 15) is 17.6 Å². The Morgan fingerprint density at radius 3 is 2.38 bits per heavy atom. The van der Waals surface area contributed by atoms with E-state index in [0.717, 1.165) is 6.07 Å². The first-order valence-electron chi connectivity index (χ1n) is 9.27. The Morgan fingerprint density at radius 2 is 1.79 bits per heavy atom. The van der Waals surface area contributed by atoms with E-state index in [1.807, 2.05) is 0 Å². The molecule has 0 radical (unpaired) electrons. The van der Waals surface area contributed by atoms with Crippen LogP contribution in [-0.4, -0.2) is 45.6 Å². The lowest BCUT2D eigenvalue weighted by Crippen LogP contribution is -2.47. The molecule has 1 aliphatic heterocycles. The van der Waals surface area contributed by atoms with Crippen LogP contribution in [0.15, 0.2) is 47.4 Å². The fourth-order valence-corrected chi connectivity index (χ4v) is 4.42. The number of nitrogens with zero attached hydrogens (tertiary/aromatic N) is 1. The van der Waals surface area contributed by atoms with Crippen LogP contribution < -0.4 is 14.8 Å². The minimum absolute atomic E-state index is 0.0970. The van der Waals surface area contributed by atoms with E-state index in [2.05, 4.69) is 10.0 Å². The Bertz CT molecular complexity index is 972. The molecule has 0 atom stereocenters. The molecule has 0 spiro atoms. The van der Waals surface area contributed by atoms with Crippen LogP contribution in [0.4, 0.5) is 14.9 Å². The Labute approximate surface area is 169 Å². The van der Waals surface area contributed by atoms with Crippen molar-refractivity contribution >= 4 is 21.7 Å². The van der Waals surface area contributed by atoms with Crippen LogP contribution in [0.2, 0.25) is 0 Å². The predicted octanol–water partition coefficient (Wildman–Crippen LogP) is 3.12. The van der Waals surface area contributed by atoms with Crippen molar-refractivity contribution in [1.82, 2.24) is 9.62 Å². The number of carbonyl (C=O) groups excluding carboxylic acids is 1. The molecule has 1 fully saturated rings. The normalized spacial score (nSPS) is 15.2. The number of hydrogen-bond acceptors (Lipinski definition) is 4. The van der Waals surface area contributed by atoms with Crippen molar-refractivity contribution < 1.29 is 22.3 Å². The molecule has 2 N–H and O–H groups in total. The molecule has 2 aromatic carbocycles. The molecule has 2 amide bonds. The van der Waals surface area contributed by atoms with Crippen LogP contribution in [0.5, 0.6) is 5.75 Å². The Balaban J connectivity index is 1.54. The van der Waals surface area contributed by atoms with Crippen LogP contribution in [0.1, 0.15) is 18.4 Å². The number of halogens is 1. The van der Waals surface area contributed by atoms with Gasteiger partial charge in [0.25, 0.3) is 0 Å². The molecule has 7 nitrogen and oxygen atoms in total. The number of sulfonamides is 1. The lowest BCUT2D eigenvalue weighted by Gasteiger charge is -2.32. The van der Waals surface area contributed by atoms with Crippen molar-refractivity contribution in [1.29, 1.82) is 0 Å².